The first-order chi connectivity index (χ1) is 8.65. The fourth-order valence-electron chi connectivity index (χ4n) is 1.88. The zero-order valence-corrected chi connectivity index (χ0v) is 10.6. The van der Waals surface area contributed by atoms with E-state index in [0.717, 1.165) is 0 Å². The van der Waals surface area contributed by atoms with Crippen molar-refractivity contribution < 1.29 is 9.13 Å². The Bertz CT molecular complexity index is 559. The monoisotopic (exact) mass is 265 g/mol. The molecule has 0 aliphatic heterocycles. The van der Waals surface area contributed by atoms with Crippen LogP contribution < -0.4 is 10.5 Å². The van der Waals surface area contributed by atoms with Crippen molar-refractivity contribution in [3.05, 3.63) is 64.4 Å². The molecule has 94 valence electrons. The number of hydrogen-bond donors (Lipinski definition) is 1. The van der Waals surface area contributed by atoms with Crippen molar-refractivity contribution in [2.45, 2.75) is 6.04 Å². The van der Waals surface area contributed by atoms with Crippen LogP contribution in [0.4, 0.5) is 4.39 Å². The summed E-state index contributed by atoms with van der Waals surface area (Å²) in [6, 6.07) is 11.1. The smallest absolute Gasteiger partial charge is 0.132 e. The first kappa shape index (κ1) is 12.9. The molecule has 0 spiro atoms. The molecule has 2 aromatic rings. The van der Waals surface area contributed by atoms with Crippen molar-refractivity contribution in [1.29, 1.82) is 0 Å². The summed E-state index contributed by atoms with van der Waals surface area (Å²) in [7, 11) is 1.48. The number of halogens is 2. The molecule has 0 aliphatic rings. The minimum atomic E-state index is -0.658. The molecule has 0 saturated heterocycles. The van der Waals surface area contributed by atoms with Gasteiger partial charge < -0.3 is 10.5 Å². The lowest BCUT2D eigenvalue weighted by Gasteiger charge is -2.17. The Morgan fingerprint density at radius 1 is 1.17 bits per heavy atom. The fourth-order valence-corrected chi connectivity index (χ4v) is 2.13. The van der Waals surface area contributed by atoms with E-state index in [1.165, 1.54) is 13.2 Å². The van der Waals surface area contributed by atoms with E-state index in [2.05, 4.69) is 0 Å². The van der Waals surface area contributed by atoms with Crippen LogP contribution >= 0.6 is 11.6 Å². The van der Waals surface area contributed by atoms with Crippen molar-refractivity contribution >= 4 is 11.6 Å². The topological polar surface area (TPSA) is 35.2 Å². The molecule has 0 radical (unpaired) electrons. The average molecular weight is 266 g/mol. The average Bonchev–Trinajstić information content (AvgIpc) is 2.38. The standard InChI is InChI=1S/C14H13ClFNO/c1-18-12-8-4-7-11(16)13(12)14(17)9-5-2-3-6-10(9)15/h2-8,14H,17H2,1H3. The fraction of sp³-hybridized carbons (Fsp3) is 0.143. The van der Waals surface area contributed by atoms with Gasteiger partial charge in [-0.1, -0.05) is 35.9 Å². The van der Waals surface area contributed by atoms with Gasteiger partial charge in [-0.15, -0.1) is 0 Å². The Balaban J connectivity index is 2.52. The normalized spacial score (nSPS) is 12.2. The zero-order valence-electron chi connectivity index (χ0n) is 9.86. The van der Waals surface area contributed by atoms with Gasteiger partial charge >= 0.3 is 0 Å². The van der Waals surface area contributed by atoms with Gasteiger partial charge in [0.2, 0.25) is 0 Å². The van der Waals surface area contributed by atoms with Gasteiger partial charge in [0.1, 0.15) is 11.6 Å². The van der Waals surface area contributed by atoms with Crippen LogP contribution in [0.2, 0.25) is 5.02 Å². The summed E-state index contributed by atoms with van der Waals surface area (Å²) < 4.78 is 19.0. The van der Waals surface area contributed by atoms with Gasteiger partial charge in [0.15, 0.2) is 0 Å². The minimum Gasteiger partial charge on any atom is -0.496 e. The van der Waals surface area contributed by atoms with Crippen molar-refractivity contribution in [1.82, 2.24) is 0 Å². The third-order valence-electron chi connectivity index (χ3n) is 2.78. The molecule has 2 aromatic carbocycles. The van der Waals surface area contributed by atoms with Crippen LogP contribution in [0, 0.1) is 5.82 Å². The third kappa shape index (κ3) is 2.33. The molecule has 0 amide bonds. The van der Waals surface area contributed by atoms with Crippen LogP contribution in [-0.4, -0.2) is 7.11 Å². The lowest BCUT2D eigenvalue weighted by molar-refractivity contribution is 0.402. The van der Waals surface area contributed by atoms with E-state index >= 15 is 0 Å². The molecule has 0 saturated carbocycles. The van der Waals surface area contributed by atoms with E-state index in [4.69, 9.17) is 22.1 Å². The lowest BCUT2D eigenvalue weighted by atomic mass is 9.98. The molecule has 0 aliphatic carbocycles. The van der Waals surface area contributed by atoms with Crippen LogP contribution in [0.3, 0.4) is 0 Å². The highest BCUT2D eigenvalue weighted by Gasteiger charge is 2.20. The first-order valence-corrected chi connectivity index (χ1v) is 5.85. The zero-order chi connectivity index (χ0) is 13.1. The molecule has 4 heteroatoms. The molecule has 1 unspecified atom stereocenters. The molecule has 0 heterocycles. The van der Waals surface area contributed by atoms with E-state index in [-0.39, 0.29) is 0 Å². The van der Waals surface area contributed by atoms with Gasteiger partial charge in [0.25, 0.3) is 0 Å². The predicted octanol–water partition coefficient (Wildman–Crippen LogP) is 3.54. The quantitative estimate of drug-likeness (QED) is 0.921. The number of rotatable bonds is 3. The number of benzene rings is 2. The van der Waals surface area contributed by atoms with Crippen LogP contribution in [0.1, 0.15) is 17.2 Å². The van der Waals surface area contributed by atoms with Gasteiger partial charge in [-0.3, -0.25) is 0 Å². The molecule has 18 heavy (non-hydrogen) atoms. The minimum absolute atomic E-state index is 0.313. The van der Waals surface area contributed by atoms with E-state index < -0.39 is 11.9 Å². The molecule has 0 fully saturated rings. The van der Waals surface area contributed by atoms with E-state index in [9.17, 15) is 4.39 Å². The molecule has 2 nitrogen and oxygen atoms in total. The van der Waals surface area contributed by atoms with Crippen molar-refractivity contribution in [3.8, 4) is 5.75 Å². The predicted molar refractivity (Wildman–Crippen MR) is 70.4 cm³/mol. The number of hydrogen-bond acceptors (Lipinski definition) is 2. The highest BCUT2D eigenvalue weighted by Crippen LogP contribution is 2.33. The number of ether oxygens (including phenoxy) is 1. The maximum absolute atomic E-state index is 13.9. The second-order valence-corrected chi connectivity index (χ2v) is 4.26. The lowest BCUT2D eigenvalue weighted by Crippen LogP contribution is -2.15. The van der Waals surface area contributed by atoms with E-state index in [0.29, 0.717) is 21.9 Å². The van der Waals surface area contributed by atoms with Crippen LogP contribution in [-0.2, 0) is 0 Å². The molecule has 2 N–H and O–H groups in total. The first-order valence-electron chi connectivity index (χ1n) is 5.47. The molecule has 0 aromatic heterocycles. The summed E-state index contributed by atoms with van der Waals surface area (Å²) in [5, 5.41) is 0.510. The Kier molecular flexibility index (Phi) is 3.84. The largest absolute Gasteiger partial charge is 0.496 e. The summed E-state index contributed by atoms with van der Waals surface area (Å²) in [5.74, 6) is 0.0178. The SMILES string of the molecule is COc1cccc(F)c1C(N)c1ccccc1Cl. The Morgan fingerprint density at radius 2 is 1.89 bits per heavy atom. The molecular formula is C14H13ClFNO. The number of nitrogens with two attached hydrogens (primary N) is 1. The summed E-state index contributed by atoms with van der Waals surface area (Å²) in [6.45, 7) is 0. The van der Waals surface area contributed by atoms with Gasteiger partial charge in [0, 0.05) is 5.02 Å². The second kappa shape index (κ2) is 5.38. The number of methoxy groups -OCH3 is 1. The molecule has 2 rings (SSSR count). The van der Waals surface area contributed by atoms with Crippen molar-refractivity contribution in [2.24, 2.45) is 5.73 Å². The van der Waals surface area contributed by atoms with Gasteiger partial charge in [-0.05, 0) is 23.8 Å². The van der Waals surface area contributed by atoms with E-state index in [1.54, 1.807) is 30.3 Å². The summed E-state index contributed by atoms with van der Waals surface area (Å²) in [6.07, 6.45) is 0. The van der Waals surface area contributed by atoms with Crippen molar-refractivity contribution in [3.63, 3.8) is 0 Å². The Labute approximate surface area is 110 Å². The van der Waals surface area contributed by atoms with Crippen molar-refractivity contribution in [2.75, 3.05) is 7.11 Å². The summed E-state index contributed by atoms with van der Waals surface area (Å²) in [5.41, 5.74) is 7.07. The maximum atomic E-state index is 13.9. The second-order valence-electron chi connectivity index (χ2n) is 3.85. The summed E-state index contributed by atoms with van der Waals surface area (Å²) >= 11 is 6.07. The molecular weight excluding hydrogens is 253 g/mol. The molecule has 1 atom stereocenters. The van der Waals surface area contributed by atoms with E-state index in [1.807, 2.05) is 6.07 Å². The van der Waals surface area contributed by atoms with Gasteiger partial charge in [-0.2, -0.15) is 0 Å². The Morgan fingerprint density at radius 3 is 2.56 bits per heavy atom. The Hall–Kier alpha value is -1.58. The molecule has 0 bridgehead atoms. The summed E-state index contributed by atoms with van der Waals surface area (Å²) in [4.78, 5) is 0. The van der Waals surface area contributed by atoms with Crippen LogP contribution in [0.15, 0.2) is 42.5 Å². The third-order valence-corrected chi connectivity index (χ3v) is 3.13. The highest BCUT2D eigenvalue weighted by molar-refractivity contribution is 6.31. The highest BCUT2D eigenvalue weighted by atomic mass is 35.5. The van der Waals surface area contributed by atoms with Gasteiger partial charge in [-0.25, -0.2) is 4.39 Å². The van der Waals surface area contributed by atoms with Gasteiger partial charge in [0.05, 0.1) is 18.7 Å². The van der Waals surface area contributed by atoms with Crippen LogP contribution in [0.5, 0.6) is 5.75 Å². The van der Waals surface area contributed by atoms with Crippen LogP contribution in [0.25, 0.3) is 0 Å². The maximum Gasteiger partial charge on any atom is 0.132 e.